The van der Waals surface area contributed by atoms with Gasteiger partial charge < -0.3 is 9.47 Å². The minimum Gasteiger partial charge on any atom is -0.456 e. The van der Waals surface area contributed by atoms with E-state index < -0.39 is 41.1 Å². The topological polar surface area (TPSA) is 54.0 Å². The Morgan fingerprint density at radius 2 is 1.96 bits per heavy atom. The summed E-state index contributed by atoms with van der Waals surface area (Å²) in [7, 11) is 0. The normalized spacial score (nSPS) is 47.7. The molecule has 0 amide bonds. The number of carbonyl (C=O) groups is 1. The second-order valence-electron chi connectivity index (χ2n) is 7.37. The number of ether oxygens (including phenoxy) is 2. The molecule has 8 heteroatoms. The van der Waals surface area contributed by atoms with Crippen molar-refractivity contribution in [3.05, 3.63) is 11.3 Å². The first kappa shape index (κ1) is 16.4. The van der Waals surface area contributed by atoms with Gasteiger partial charge in [0.2, 0.25) is 17.8 Å². The Morgan fingerprint density at radius 1 is 1.21 bits per heavy atom. The van der Waals surface area contributed by atoms with E-state index >= 15 is 0 Å². The Balaban J connectivity index is 1.90. The van der Waals surface area contributed by atoms with E-state index in [4.69, 9.17) is 19.2 Å². The molecule has 134 valence electrons. The highest BCUT2D eigenvalue weighted by molar-refractivity contribution is 5.76. The van der Waals surface area contributed by atoms with E-state index in [2.05, 4.69) is 0 Å². The van der Waals surface area contributed by atoms with Crippen LogP contribution in [0.3, 0.4) is 0 Å². The minimum absolute atomic E-state index is 0.102. The lowest BCUT2D eigenvalue weighted by molar-refractivity contribution is -0.557. The molecule has 1 aliphatic carbocycles. The zero-order valence-electron chi connectivity index (χ0n) is 13.4. The van der Waals surface area contributed by atoms with Crippen LogP contribution in [-0.4, -0.2) is 30.1 Å². The van der Waals surface area contributed by atoms with Crippen molar-refractivity contribution in [3.8, 4) is 0 Å². The lowest BCUT2D eigenvalue weighted by Crippen LogP contribution is -2.67. The lowest BCUT2D eigenvalue weighted by atomic mass is 9.59. The van der Waals surface area contributed by atoms with Gasteiger partial charge in [0.15, 0.2) is 5.60 Å². The van der Waals surface area contributed by atoms with Gasteiger partial charge in [0.05, 0.1) is 0 Å². The molecule has 2 bridgehead atoms. The third kappa shape index (κ3) is 2.02. The molecule has 5 rings (SSSR count). The van der Waals surface area contributed by atoms with Crippen molar-refractivity contribution in [2.75, 3.05) is 0 Å². The number of hydrogen-bond acceptors (Lipinski definition) is 5. The second kappa shape index (κ2) is 4.95. The molecule has 0 N–H and O–H groups in total. The Labute approximate surface area is 137 Å². The Kier molecular flexibility index (Phi) is 3.38. The van der Waals surface area contributed by atoms with Gasteiger partial charge in [-0.2, -0.15) is 13.2 Å². The van der Waals surface area contributed by atoms with Crippen molar-refractivity contribution < 1.29 is 37.2 Å². The van der Waals surface area contributed by atoms with Crippen molar-refractivity contribution in [3.63, 3.8) is 0 Å². The molecule has 0 aromatic rings. The number of rotatable bonds is 1. The van der Waals surface area contributed by atoms with E-state index in [-0.39, 0.29) is 18.1 Å². The van der Waals surface area contributed by atoms with Crippen LogP contribution in [0.4, 0.5) is 13.2 Å². The maximum atomic E-state index is 13.4. The maximum Gasteiger partial charge on any atom is 0.449 e. The van der Waals surface area contributed by atoms with Gasteiger partial charge in [-0.15, -0.1) is 0 Å². The summed E-state index contributed by atoms with van der Waals surface area (Å²) in [5, 5.41) is 0. The zero-order chi connectivity index (χ0) is 17.3. The molecule has 1 saturated carbocycles. The summed E-state index contributed by atoms with van der Waals surface area (Å²) >= 11 is 0. The van der Waals surface area contributed by atoms with E-state index in [1.54, 1.807) is 6.92 Å². The van der Waals surface area contributed by atoms with Crippen LogP contribution >= 0.6 is 0 Å². The van der Waals surface area contributed by atoms with Gasteiger partial charge in [-0.05, 0) is 32.1 Å². The van der Waals surface area contributed by atoms with Crippen LogP contribution in [0.5, 0.6) is 0 Å². The summed E-state index contributed by atoms with van der Waals surface area (Å²) in [6.07, 6.45) is -3.46. The van der Waals surface area contributed by atoms with E-state index in [0.29, 0.717) is 25.7 Å². The van der Waals surface area contributed by atoms with Gasteiger partial charge in [-0.25, -0.2) is 9.78 Å². The molecule has 0 radical (unpaired) electrons. The molecule has 4 fully saturated rings. The first-order valence-corrected chi connectivity index (χ1v) is 8.19. The van der Waals surface area contributed by atoms with Crippen LogP contribution < -0.4 is 0 Å². The van der Waals surface area contributed by atoms with Crippen molar-refractivity contribution in [1.29, 1.82) is 0 Å². The monoisotopic (exact) mass is 348 g/mol. The second-order valence-corrected chi connectivity index (χ2v) is 7.37. The molecule has 1 spiro atoms. The van der Waals surface area contributed by atoms with Gasteiger partial charge in [0.25, 0.3) is 0 Å². The van der Waals surface area contributed by atoms with Gasteiger partial charge in [0.1, 0.15) is 6.29 Å². The predicted molar refractivity (Wildman–Crippen MR) is 73.0 cm³/mol. The zero-order valence-corrected chi connectivity index (χ0v) is 13.4. The average Bonchev–Trinajstić information content (AvgIpc) is 2.74. The molecule has 24 heavy (non-hydrogen) atoms. The quantitative estimate of drug-likeness (QED) is 0.538. The number of allylic oxidation sites excluding steroid dienone is 1. The van der Waals surface area contributed by atoms with Crippen LogP contribution in [0.1, 0.15) is 39.5 Å². The summed E-state index contributed by atoms with van der Waals surface area (Å²) in [5.41, 5.74) is -1.60. The number of alkyl halides is 3. The summed E-state index contributed by atoms with van der Waals surface area (Å²) < 4.78 is 51.2. The summed E-state index contributed by atoms with van der Waals surface area (Å²) in [6, 6.07) is 0. The molecule has 5 nitrogen and oxygen atoms in total. The van der Waals surface area contributed by atoms with E-state index in [9.17, 15) is 18.0 Å². The number of halogens is 3. The highest BCUT2D eigenvalue weighted by Gasteiger charge is 2.70. The van der Waals surface area contributed by atoms with Crippen molar-refractivity contribution in [1.82, 2.24) is 0 Å². The smallest absolute Gasteiger partial charge is 0.449 e. The molecule has 3 saturated heterocycles. The summed E-state index contributed by atoms with van der Waals surface area (Å²) in [6.45, 7) is 3.67. The molecular formula is C16H19F3O5. The van der Waals surface area contributed by atoms with Crippen LogP contribution in [0.2, 0.25) is 0 Å². The van der Waals surface area contributed by atoms with E-state index in [1.807, 2.05) is 6.92 Å². The molecular weight excluding hydrogens is 329 g/mol. The predicted octanol–water partition coefficient (Wildman–Crippen LogP) is 3.25. The van der Waals surface area contributed by atoms with Gasteiger partial charge in [-0.1, -0.05) is 6.92 Å². The fourth-order valence-electron chi connectivity index (χ4n) is 4.80. The molecule has 0 aromatic carbocycles. The first-order chi connectivity index (χ1) is 11.2. The Hall–Kier alpha value is -1.12. The number of fused-ring (bicyclic) bond motifs is 2. The number of aldehydes is 1. The van der Waals surface area contributed by atoms with Gasteiger partial charge in [0, 0.05) is 23.8 Å². The summed E-state index contributed by atoms with van der Waals surface area (Å²) in [5.74, 6) is -3.05. The van der Waals surface area contributed by atoms with Crippen LogP contribution in [0.25, 0.3) is 0 Å². The highest BCUT2D eigenvalue weighted by Crippen LogP contribution is 2.60. The van der Waals surface area contributed by atoms with Crippen LogP contribution in [0, 0.1) is 17.8 Å². The van der Waals surface area contributed by atoms with E-state index in [1.165, 1.54) is 0 Å². The summed E-state index contributed by atoms with van der Waals surface area (Å²) in [4.78, 5) is 22.7. The van der Waals surface area contributed by atoms with Gasteiger partial charge in [-0.3, -0.25) is 4.79 Å². The first-order valence-electron chi connectivity index (χ1n) is 8.19. The fraction of sp³-hybridized carbons (Fsp3) is 0.812. The Morgan fingerprint density at radius 3 is 2.62 bits per heavy atom. The largest absolute Gasteiger partial charge is 0.456 e. The standard InChI is InChI=1S/C16H19F3O5/c1-8-3-4-11-9(7-20)12(16(17,18)19)21-13-15(11)10(8)5-6-14(2,22-13)23-24-15/h7-8,10-11,13H,3-6H2,1-2H3/t8-,10?,11+,13-,14-,15-/m1/s1. The maximum absolute atomic E-state index is 13.4. The third-order valence-corrected chi connectivity index (χ3v) is 5.97. The molecule has 4 aliphatic heterocycles. The van der Waals surface area contributed by atoms with Crippen molar-refractivity contribution in [2.45, 2.75) is 63.4 Å². The minimum atomic E-state index is -4.76. The highest BCUT2D eigenvalue weighted by atomic mass is 19.4. The third-order valence-electron chi connectivity index (χ3n) is 5.97. The Bertz CT molecular complexity index is 603. The molecule has 1 unspecified atom stereocenters. The molecule has 0 aromatic heterocycles. The number of hydrogen-bond donors (Lipinski definition) is 0. The van der Waals surface area contributed by atoms with E-state index in [0.717, 1.165) is 0 Å². The number of carbonyl (C=O) groups excluding carboxylic acids is 1. The molecule has 6 atom stereocenters. The van der Waals surface area contributed by atoms with Crippen molar-refractivity contribution >= 4 is 6.29 Å². The van der Waals surface area contributed by atoms with Crippen LogP contribution in [0.15, 0.2) is 11.3 Å². The SMILES string of the molecule is C[C@@H]1CC[C@H]2C(C=O)=C(C(F)(F)F)O[C@@H]3O[C@@]4(C)CCC1[C@]32OO4. The van der Waals surface area contributed by atoms with Crippen LogP contribution in [-0.2, 0) is 24.0 Å². The molecule has 5 aliphatic rings. The average molecular weight is 348 g/mol. The van der Waals surface area contributed by atoms with Crippen molar-refractivity contribution in [2.24, 2.45) is 17.8 Å². The lowest BCUT2D eigenvalue weighted by Gasteiger charge is -2.56. The fourth-order valence-corrected chi connectivity index (χ4v) is 4.80. The molecule has 4 heterocycles. The van der Waals surface area contributed by atoms with Gasteiger partial charge >= 0.3 is 6.18 Å².